The second-order valence-corrected chi connectivity index (χ2v) is 5.36. The lowest BCUT2D eigenvalue weighted by molar-refractivity contribution is 0.102. The van der Waals surface area contributed by atoms with Crippen molar-refractivity contribution in [3.63, 3.8) is 0 Å². The molecular formula is C20H19N3O2. The molecule has 0 aliphatic rings. The maximum Gasteiger partial charge on any atom is 0.257 e. The molecule has 0 radical (unpaired) electrons. The quantitative estimate of drug-likeness (QED) is 0.698. The van der Waals surface area contributed by atoms with Crippen LogP contribution in [0.5, 0.6) is 5.75 Å². The Balaban J connectivity index is 1.68. The monoisotopic (exact) mass is 333 g/mol. The predicted molar refractivity (Wildman–Crippen MR) is 99.5 cm³/mol. The average Bonchev–Trinajstić information content (AvgIpc) is 2.65. The number of benzene rings is 2. The van der Waals surface area contributed by atoms with Gasteiger partial charge in [0.1, 0.15) is 5.75 Å². The van der Waals surface area contributed by atoms with Gasteiger partial charge in [0.2, 0.25) is 0 Å². The normalized spacial score (nSPS) is 10.1. The molecule has 5 heteroatoms. The molecule has 0 saturated heterocycles. The Morgan fingerprint density at radius 2 is 1.72 bits per heavy atom. The van der Waals surface area contributed by atoms with E-state index >= 15 is 0 Å². The molecule has 2 aromatic carbocycles. The Morgan fingerprint density at radius 3 is 2.44 bits per heavy atom. The maximum atomic E-state index is 12.4. The number of aromatic nitrogens is 1. The summed E-state index contributed by atoms with van der Waals surface area (Å²) in [5.41, 5.74) is 2.88. The second-order valence-electron chi connectivity index (χ2n) is 5.36. The smallest absolute Gasteiger partial charge is 0.257 e. The highest BCUT2D eigenvalue weighted by molar-refractivity contribution is 6.04. The average molecular weight is 333 g/mol. The molecule has 126 valence electrons. The number of nitrogens with one attached hydrogen (secondary N) is 2. The van der Waals surface area contributed by atoms with E-state index < -0.39 is 0 Å². The fourth-order valence-corrected chi connectivity index (χ4v) is 2.33. The van der Waals surface area contributed by atoms with Crippen LogP contribution in [0.25, 0.3) is 0 Å². The molecule has 25 heavy (non-hydrogen) atoms. The van der Waals surface area contributed by atoms with Gasteiger partial charge < -0.3 is 15.4 Å². The van der Waals surface area contributed by atoms with Crippen molar-refractivity contribution < 1.29 is 9.53 Å². The molecule has 0 spiro atoms. The van der Waals surface area contributed by atoms with Crippen LogP contribution in [0, 0.1) is 0 Å². The Hall–Kier alpha value is -3.34. The van der Waals surface area contributed by atoms with E-state index in [4.69, 9.17) is 4.74 Å². The molecule has 0 aliphatic heterocycles. The van der Waals surface area contributed by atoms with E-state index in [1.54, 1.807) is 18.5 Å². The van der Waals surface area contributed by atoms with Crippen LogP contribution in [0.2, 0.25) is 0 Å². The SMILES string of the molecule is CCOc1ccc(NC(=O)c2cncc(Nc3ccccc3)c2)cc1. The van der Waals surface area contributed by atoms with Crippen LogP contribution in [0.3, 0.4) is 0 Å². The van der Waals surface area contributed by atoms with Crippen LogP contribution in [0.4, 0.5) is 17.1 Å². The number of anilines is 3. The minimum Gasteiger partial charge on any atom is -0.494 e. The van der Waals surface area contributed by atoms with Crippen LogP contribution in [-0.4, -0.2) is 17.5 Å². The van der Waals surface area contributed by atoms with Crippen LogP contribution in [0.15, 0.2) is 73.1 Å². The van der Waals surface area contributed by atoms with Crippen LogP contribution in [-0.2, 0) is 0 Å². The zero-order valence-electron chi connectivity index (χ0n) is 13.9. The molecule has 0 unspecified atom stereocenters. The standard InChI is InChI=1S/C20H19N3O2/c1-2-25-19-10-8-17(9-11-19)23-20(24)15-12-18(14-21-13-15)22-16-6-4-3-5-7-16/h3-14,22H,2H2,1H3,(H,23,24). The number of amides is 1. The number of para-hydroxylation sites is 1. The molecule has 0 saturated carbocycles. The number of hydrogen-bond acceptors (Lipinski definition) is 4. The molecule has 3 aromatic rings. The van der Waals surface area contributed by atoms with Crippen molar-refractivity contribution in [3.05, 3.63) is 78.6 Å². The summed E-state index contributed by atoms with van der Waals surface area (Å²) < 4.78 is 5.39. The highest BCUT2D eigenvalue weighted by atomic mass is 16.5. The number of ether oxygens (including phenoxy) is 1. The molecule has 2 N–H and O–H groups in total. The van der Waals surface area contributed by atoms with Crippen molar-refractivity contribution in [2.75, 3.05) is 17.2 Å². The number of nitrogens with zero attached hydrogens (tertiary/aromatic N) is 1. The Morgan fingerprint density at radius 1 is 0.960 bits per heavy atom. The van der Waals surface area contributed by atoms with Gasteiger partial charge in [-0.3, -0.25) is 9.78 Å². The molecule has 0 aliphatic carbocycles. The first kappa shape index (κ1) is 16.5. The Kier molecular flexibility index (Phi) is 5.26. The fourth-order valence-electron chi connectivity index (χ4n) is 2.33. The van der Waals surface area contributed by atoms with E-state index in [0.717, 1.165) is 17.1 Å². The van der Waals surface area contributed by atoms with Gasteiger partial charge in [-0.15, -0.1) is 0 Å². The van der Waals surface area contributed by atoms with Gasteiger partial charge in [0.25, 0.3) is 5.91 Å². The van der Waals surface area contributed by atoms with E-state index in [0.29, 0.717) is 17.9 Å². The minimum absolute atomic E-state index is 0.214. The molecule has 0 bridgehead atoms. The third-order valence-corrected chi connectivity index (χ3v) is 3.49. The van der Waals surface area contributed by atoms with Crippen LogP contribution >= 0.6 is 0 Å². The van der Waals surface area contributed by atoms with Crippen LogP contribution < -0.4 is 15.4 Å². The third-order valence-electron chi connectivity index (χ3n) is 3.49. The summed E-state index contributed by atoms with van der Waals surface area (Å²) in [4.78, 5) is 16.6. The van der Waals surface area contributed by atoms with Gasteiger partial charge in [0, 0.05) is 17.6 Å². The summed E-state index contributed by atoms with van der Waals surface area (Å²) in [6, 6.07) is 18.8. The first-order valence-electron chi connectivity index (χ1n) is 8.06. The first-order valence-corrected chi connectivity index (χ1v) is 8.06. The van der Waals surface area contributed by atoms with Crippen molar-refractivity contribution in [3.8, 4) is 5.75 Å². The minimum atomic E-state index is -0.214. The molecule has 3 rings (SSSR count). The van der Waals surface area contributed by atoms with E-state index in [2.05, 4.69) is 15.6 Å². The van der Waals surface area contributed by atoms with Gasteiger partial charge in [-0.05, 0) is 49.4 Å². The van der Waals surface area contributed by atoms with Crippen molar-refractivity contribution in [2.24, 2.45) is 0 Å². The van der Waals surface area contributed by atoms with E-state index in [1.165, 1.54) is 0 Å². The molecule has 5 nitrogen and oxygen atoms in total. The molecule has 0 atom stereocenters. The molecule has 1 aromatic heterocycles. The largest absolute Gasteiger partial charge is 0.494 e. The summed E-state index contributed by atoms with van der Waals surface area (Å²) in [5.74, 6) is 0.560. The number of carbonyl (C=O) groups excluding carboxylic acids is 1. The van der Waals surface area contributed by atoms with Gasteiger partial charge in [-0.25, -0.2) is 0 Å². The maximum absolute atomic E-state index is 12.4. The highest BCUT2D eigenvalue weighted by Gasteiger charge is 2.08. The number of pyridine rings is 1. The van der Waals surface area contributed by atoms with Crippen molar-refractivity contribution in [1.82, 2.24) is 4.98 Å². The number of carbonyl (C=O) groups is 1. The number of hydrogen-bond donors (Lipinski definition) is 2. The van der Waals surface area contributed by atoms with Crippen LogP contribution in [0.1, 0.15) is 17.3 Å². The Labute approximate surface area is 146 Å². The lowest BCUT2D eigenvalue weighted by Crippen LogP contribution is -2.12. The van der Waals surface area contributed by atoms with E-state index in [-0.39, 0.29) is 5.91 Å². The molecule has 1 heterocycles. The summed E-state index contributed by atoms with van der Waals surface area (Å²) >= 11 is 0. The fraction of sp³-hybridized carbons (Fsp3) is 0.100. The summed E-state index contributed by atoms with van der Waals surface area (Å²) in [7, 11) is 0. The molecule has 1 amide bonds. The van der Waals surface area contributed by atoms with Crippen molar-refractivity contribution >= 4 is 23.0 Å². The zero-order chi connectivity index (χ0) is 17.5. The second kappa shape index (κ2) is 7.97. The summed E-state index contributed by atoms with van der Waals surface area (Å²) in [6.45, 7) is 2.54. The van der Waals surface area contributed by atoms with Gasteiger partial charge >= 0.3 is 0 Å². The topological polar surface area (TPSA) is 63.2 Å². The molecule has 0 fully saturated rings. The Bertz CT molecular complexity index is 833. The van der Waals surface area contributed by atoms with E-state index in [9.17, 15) is 4.79 Å². The summed E-state index contributed by atoms with van der Waals surface area (Å²) in [6.07, 6.45) is 3.22. The molecular weight excluding hydrogens is 314 g/mol. The van der Waals surface area contributed by atoms with Gasteiger partial charge in [-0.1, -0.05) is 18.2 Å². The lowest BCUT2D eigenvalue weighted by atomic mass is 10.2. The highest BCUT2D eigenvalue weighted by Crippen LogP contribution is 2.19. The summed E-state index contributed by atoms with van der Waals surface area (Å²) in [5, 5.41) is 6.08. The number of rotatable bonds is 6. The first-order chi connectivity index (χ1) is 12.2. The van der Waals surface area contributed by atoms with Gasteiger partial charge in [0.05, 0.1) is 24.1 Å². The van der Waals surface area contributed by atoms with E-state index in [1.807, 2.05) is 61.5 Å². The van der Waals surface area contributed by atoms with Crippen molar-refractivity contribution in [2.45, 2.75) is 6.92 Å². The third kappa shape index (κ3) is 4.57. The van der Waals surface area contributed by atoms with Crippen molar-refractivity contribution in [1.29, 1.82) is 0 Å². The lowest BCUT2D eigenvalue weighted by Gasteiger charge is -2.09. The van der Waals surface area contributed by atoms with Gasteiger partial charge in [-0.2, -0.15) is 0 Å². The predicted octanol–water partition coefficient (Wildman–Crippen LogP) is 4.48. The zero-order valence-corrected chi connectivity index (χ0v) is 13.9. The van der Waals surface area contributed by atoms with Gasteiger partial charge in [0.15, 0.2) is 0 Å².